The smallest absolute Gasteiger partial charge is 0.148 e. The average Bonchev–Trinajstić information content (AvgIpc) is 2.56. The van der Waals surface area contributed by atoms with Gasteiger partial charge < -0.3 is 5.32 Å². The monoisotopic (exact) mass is 295 g/mol. The van der Waals surface area contributed by atoms with Crippen LogP contribution in [-0.2, 0) is 0 Å². The number of halogens is 1. The van der Waals surface area contributed by atoms with Crippen LogP contribution in [0.2, 0.25) is 5.02 Å². The number of hydrogen-bond acceptors (Lipinski definition) is 3. The fourth-order valence-corrected chi connectivity index (χ4v) is 2.37. The Bertz CT molecular complexity index is 662. The fraction of sp³-hybridized carbons (Fsp3) is 0.0588. The maximum Gasteiger partial charge on any atom is 0.148 e. The van der Waals surface area contributed by atoms with Crippen molar-refractivity contribution in [2.24, 2.45) is 0 Å². The first-order chi connectivity index (χ1) is 10.3. The summed E-state index contributed by atoms with van der Waals surface area (Å²) in [5, 5.41) is 3.91. The topological polar surface area (TPSA) is 37.8 Å². The van der Waals surface area contributed by atoms with Crippen molar-refractivity contribution in [3.63, 3.8) is 0 Å². The maximum absolute atomic E-state index is 6.16. The lowest BCUT2D eigenvalue weighted by Gasteiger charge is -2.20. The zero-order chi connectivity index (χ0) is 14.5. The lowest BCUT2D eigenvalue weighted by atomic mass is 9.99. The van der Waals surface area contributed by atoms with Crippen LogP contribution in [0.5, 0.6) is 0 Å². The van der Waals surface area contributed by atoms with Crippen molar-refractivity contribution in [1.82, 2.24) is 9.97 Å². The van der Waals surface area contributed by atoms with E-state index in [0.717, 1.165) is 11.1 Å². The number of nitrogens with zero attached hydrogens (tertiary/aromatic N) is 2. The second kappa shape index (κ2) is 6.37. The summed E-state index contributed by atoms with van der Waals surface area (Å²) in [4.78, 5) is 8.13. The van der Waals surface area contributed by atoms with Crippen molar-refractivity contribution in [2.45, 2.75) is 6.04 Å². The van der Waals surface area contributed by atoms with E-state index in [1.54, 1.807) is 6.20 Å². The summed E-state index contributed by atoms with van der Waals surface area (Å²) in [5.41, 5.74) is 2.30. The van der Waals surface area contributed by atoms with E-state index in [2.05, 4.69) is 39.6 Å². The molecule has 4 heteroatoms. The molecular weight excluding hydrogens is 282 g/mol. The van der Waals surface area contributed by atoms with Gasteiger partial charge in [0.05, 0.1) is 12.2 Å². The molecule has 0 radical (unpaired) electrons. The zero-order valence-corrected chi connectivity index (χ0v) is 12.0. The SMILES string of the molecule is Clc1cncnc1NC(c1ccccc1)c1ccccc1. The molecular formula is C17H14ClN3. The first-order valence-corrected chi connectivity index (χ1v) is 7.04. The van der Waals surface area contributed by atoms with Crippen molar-refractivity contribution in [2.75, 3.05) is 5.32 Å². The first kappa shape index (κ1) is 13.6. The highest BCUT2D eigenvalue weighted by molar-refractivity contribution is 6.32. The molecule has 0 saturated heterocycles. The molecule has 21 heavy (non-hydrogen) atoms. The van der Waals surface area contributed by atoms with Gasteiger partial charge in [-0.3, -0.25) is 0 Å². The van der Waals surface area contributed by atoms with E-state index in [0.29, 0.717) is 10.8 Å². The van der Waals surface area contributed by atoms with E-state index in [9.17, 15) is 0 Å². The summed E-state index contributed by atoms with van der Waals surface area (Å²) in [6.07, 6.45) is 3.07. The molecule has 1 heterocycles. The average molecular weight is 296 g/mol. The van der Waals surface area contributed by atoms with Crippen LogP contribution in [0, 0.1) is 0 Å². The molecule has 0 spiro atoms. The zero-order valence-electron chi connectivity index (χ0n) is 11.3. The number of rotatable bonds is 4. The quantitative estimate of drug-likeness (QED) is 0.778. The van der Waals surface area contributed by atoms with Gasteiger partial charge in [-0.25, -0.2) is 9.97 Å². The van der Waals surface area contributed by atoms with Gasteiger partial charge in [0.25, 0.3) is 0 Å². The Morgan fingerprint density at radius 3 is 1.95 bits per heavy atom. The van der Waals surface area contributed by atoms with Crippen LogP contribution in [0.1, 0.15) is 17.2 Å². The normalized spacial score (nSPS) is 10.6. The molecule has 3 aromatic rings. The van der Waals surface area contributed by atoms with Crippen molar-refractivity contribution < 1.29 is 0 Å². The molecule has 1 N–H and O–H groups in total. The Kier molecular flexibility index (Phi) is 4.12. The highest BCUT2D eigenvalue weighted by Crippen LogP contribution is 2.28. The summed E-state index contributed by atoms with van der Waals surface area (Å²) in [5.74, 6) is 0.629. The highest BCUT2D eigenvalue weighted by atomic mass is 35.5. The minimum Gasteiger partial charge on any atom is -0.358 e. The van der Waals surface area contributed by atoms with Crippen molar-refractivity contribution in [3.8, 4) is 0 Å². The number of aromatic nitrogens is 2. The molecule has 0 aliphatic heterocycles. The Hall–Kier alpha value is -2.39. The van der Waals surface area contributed by atoms with Crippen LogP contribution in [0.15, 0.2) is 73.2 Å². The van der Waals surface area contributed by atoms with Gasteiger partial charge in [0, 0.05) is 0 Å². The van der Waals surface area contributed by atoms with Crippen LogP contribution in [0.25, 0.3) is 0 Å². The van der Waals surface area contributed by atoms with Crippen molar-refractivity contribution >= 4 is 17.4 Å². The summed E-state index contributed by atoms with van der Waals surface area (Å²) in [6, 6.07) is 20.4. The molecule has 0 bridgehead atoms. The molecule has 0 aliphatic rings. The second-order valence-corrected chi connectivity index (χ2v) is 5.03. The lowest BCUT2D eigenvalue weighted by Crippen LogP contribution is -2.13. The molecule has 1 aromatic heterocycles. The third-order valence-corrected chi connectivity index (χ3v) is 3.49. The van der Waals surface area contributed by atoms with Crippen molar-refractivity contribution in [1.29, 1.82) is 0 Å². The molecule has 3 rings (SSSR count). The van der Waals surface area contributed by atoms with Crippen molar-refractivity contribution in [3.05, 3.63) is 89.3 Å². The van der Waals surface area contributed by atoms with E-state index >= 15 is 0 Å². The highest BCUT2D eigenvalue weighted by Gasteiger charge is 2.15. The van der Waals surface area contributed by atoms with Gasteiger partial charge in [-0.05, 0) is 11.1 Å². The summed E-state index contributed by atoms with van der Waals surface area (Å²) in [6.45, 7) is 0. The van der Waals surface area contributed by atoms with Crippen LogP contribution in [0.4, 0.5) is 5.82 Å². The van der Waals surface area contributed by atoms with E-state index in [-0.39, 0.29) is 6.04 Å². The van der Waals surface area contributed by atoms with Gasteiger partial charge in [-0.2, -0.15) is 0 Å². The molecule has 0 amide bonds. The third kappa shape index (κ3) is 3.20. The van der Waals surface area contributed by atoms with Gasteiger partial charge >= 0.3 is 0 Å². The van der Waals surface area contributed by atoms with E-state index in [1.165, 1.54) is 6.33 Å². The molecule has 0 atom stereocenters. The van der Waals surface area contributed by atoms with Gasteiger partial charge in [0.2, 0.25) is 0 Å². The number of nitrogens with one attached hydrogen (secondary N) is 1. The lowest BCUT2D eigenvalue weighted by molar-refractivity contribution is 0.922. The summed E-state index contributed by atoms with van der Waals surface area (Å²) in [7, 11) is 0. The minimum atomic E-state index is -0.0141. The summed E-state index contributed by atoms with van der Waals surface area (Å²) >= 11 is 6.16. The Balaban J connectivity index is 1.99. The molecule has 0 fully saturated rings. The predicted octanol–water partition coefficient (Wildman–Crippen LogP) is 4.33. The molecule has 2 aromatic carbocycles. The molecule has 3 nitrogen and oxygen atoms in total. The standard InChI is InChI=1S/C17H14ClN3/c18-15-11-19-12-20-17(15)21-16(13-7-3-1-4-8-13)14-9-5-2-6-10-14/h1-12,16H,(H,19,20,21). The molecule has 104 valence electrons. The predicted molar refractivity (Wildman–Crippen MR) is 85.4 cm³/mol. The number of benzene rings is 2. The molecule has 0 unspecified atom stereocenters. The first-order valence-electron chi connectivity index (χ1n) is 6.66. The van der Waals surface area contributed by atoms with E-state index in [1.807, 2.05) is 36.4 Å². The van der Waals surface area contributed by atoms with Gasteiger partial charge in [-0.1, -0.05) is 72.3 Å². The van der Waals surface area contributed by atoms with Crippen LogP contribution >= 0.6 is 11.6 Å². The van der Waals surface area contributed by atoms with E-state index in [4.69, 9.17) is 11.6 Å². The van der Waals surface area contributed by atoms with Crippen LogP contribution < -0.4 is 5.32 Å². The number of anilines is 1. The Morgan fingerprint density at radius 2 is 1.43 bits per heavy atom. The maximum atomic E-state index is 6.16. The Morgan fingerprint density at radius 1 is 0.857 bits per heavy atom. The van der Waals surface area contributed by atoms with Gasteiger partial charge in [-0.15, -0.1) is 0 Å². The van der Waals surface area contributed by atoms with Crippen LogP contribution in [0.3, 0.4) is 0 Å². The fourth-order valence-electron chi connectivity index (χ4n) is 2.21. The van der Waals surface area contributed by atoms with Crippen LogP contribution in [-0.4, -0.2) is 9.97 Å². The molecule has 0 aliphatic carbocycles. The summed E-state index contributed by atoms with van der Waals surface area (Å²) < 4.78 is 0. The molecule has 0 saturated carbocycles. The second-order valence-electron chi connectivity index (χ2n) is 4.62. The van der Waals surface area contributed by atoms with Gasteiger partial charge in [0.15, 0.2) is 0 Å². The van der Waals surface area contributed by atoms with E-state index < -0.39 is 0 Å². The third-order valence-electron chi connectivity index (χ3n) is 3.21. The minimum absolute atomic E-state index is 0.0141. The van der Waals surface area contributed by atoms with Gasteiger partial charge in [0.1, 0.15) is 17.2 Å². The Labute approximate surface area is 128 Å². The number of hydrogen-bond donors (Lipinski definition) is 1. The largest absolute Gasteiger partial charge is 0.358 e.